The van der Waals surface area contributed by atoms with Gasteiger partial charge in [0.15, 0.2) is 0 Å². The molecule has 0 radical (unpaired) electrons. The third-order valence-corrected chi connectivity index (χ3v) is 3.48. The van der Waals surface area contributed by atoms with Crippen LogP contribution in [-0.4, -0.2) is 19.1 Å². The minimum absolute atomic E-state index is 0.104. The molecule has 0 saturated carbocycles. The Morgan fingerprint density at radius 3 is 2.33 bits per heavy atom. The first kappa shape index (κ1) is 20.3. The summed E-state index contributed by atoms with van der Waals surface area (Å²) in [6, 6.07) is 8.78. The fraction of sp³-hybridized carbons (Fsp3) is 0.211. The van der Waals surface area contributed by atoms with Gasteiger partial charge in [-0.2, -0.15) is 17.6 Å². The summed E-state index contributed by atoms with van der Waals surface area (Å²) in [5.41, 5.74) is 2.63. The van der Waals surface area contributed by atoms with E-state index in [2.05, 4.69) is 14.8 Å². The lowest BCUT2D eigenvalue weighted by molar-refractivity contribution is -0.111. The summed E-state index contributed by atoms with van der Waals surface area (Å²) < 4.78 is 58.1. The van der Waals surface area contributed by atoms with Gasteiger partial charge < -0.3 is 14.8 Å². The van der Waals surface area contributed by atoms with Crippen molar-refractivity contribution in [3.05, 3.63) is 59.2 Å². The summed E-state index contributed by atoms with van der Waals surface area (Å²) in [4.78, 5) is 12.1. The van der Waals surface area contributed by atoms with E-state index in [9.17, 15) is 22.4 Å². The lowest BCUT2D eigenvalue weighted by atomic mass is 10.1. The molecule has 0 aliphatic rings. The molecule has 8 heteroatoms. The van der Waals surface area contributed by atoms with Crippen molar-refractivity contribution in [3.63, 3.8) is 0 Å². The molecule has 0 bridgehead atoms. The Balaban J connectivity index is 2.17. The van der Waals surface area contributed by atoms with Crippen molar-refractivity contribution in [3.8, 4) is 11.5 Å². The van der Waals surface area contributed by atoms with Crippen LogP contribution in [0.1, 0.15) is 16.7 Å². The number of halogens is 4. The van der Waals surface area contributed by atoms with Gasteiger partial charge in [0.25, 0.3) is 0 Å². The summed E-state index contributed by atoms with van der Waals surface area (Å²) in [5, 5.41) is 2.67. The van der Waals surface area contributed by atoms with Gasteiger partial charge >= 0.3 is 13.2 Å². The third-order valence-electron chi connectivity index (χ3n) is 3.48. The highest BCUT2D eigenvalue weighted by atomic mass is 19.3. The molecule has 0 fully saturated rings. The minimum Gasteiger partial charge on any atom is -0.435 e. The van der Waals surface area contributed by atoms with Crippen LogP contribution in [0.5, 0.6) is 11.5 Å². The second-order valence-electron chi connectivity index (χ2n) is 5.60. The van der Waals surface area contributed by atoms with Crippen molar-refractivity contribution in [2.75, 3.05) is 5.32 Å². The highest BCUT2D eigenvalue weighted by Crippen LogP contribution is 2.28. The first-order valence-corrected chi connectivity index (χ1v) is 7.84. The zero-order valence-electron chi connectivity index (χ0n) is 14.5. The first-order chi connectivity index (χ1) is 12.7. The lowest BCUT2D eigenvalue weighted by Gasteiger charge is -2.11. The molecule has 2 aromatic rings. The second-order valence-corrected chi connectivity index (χ2v) is 5.60. The quantitative estimate of drug-likeness (QED) is 0.531. The van der Waals surface area contributed by atoms with Crippen LogP contribution >= 0.6 is 0 Å². The molecule has 0 aliphatic heterocycles. The summed E-state index contributed by atoms with van der Waals surface area (Å²) in [7, 11) is 0. The molecule has 1 amide bonds. The van der Waals surface area contributed by atoms with Gasteiger partial charge in [0.05, 0.1) is 0 Å². The average Bonchev–Trinajstić information content (AvgIpc) is 2.55. The number of rotatable bonds is 7. The Morgan fingerprint density at radius 2 is 1.70 bits per heavy atom. The van der Waals surface area contributed by atoms with Crippen LogP contribution in [0, 0.1) is 13.8 Å². The van der Waals surface area contributed by atoms with Gasteiger partial charge in [-0.15, -0.1) is 0 Å². The summed E-state index contributed by atoms with van der Waals surface area (Å²) >= 11 is 0. The summed E-state index contributed by atoms with van der Waals surface area (Å²) in [5.74, 6) is -1.21. The Hall–Kier alpha value is -3.03. The second kappa shape index (κ2) is 9.07. The molecular weight excluding hydrogens is 366 g/mol. The average molecular weight is 383 g/mol. The van der Waals surface area contributed by atoms with E-state index in [0.717, 1.165) is 29.3 Å². The van der Waals surface area contributed by atoms with Gasteiger partial charge in [-0.1, -0.05) is 17.7 Å². The topological polar surface area (TPSA) is 47.6 Å². The van der Waals surface area contributed by atoms with E-state index in [1.165, 1.54) is 12.1 Å². The molecule has 0 aromatic heterocycles. The molecule has 2 aromatic carbocycles. The number of carbonyl (C=O) groups excluding carboxylic acids is 1. The Bertz CT molecular complexity index is 838. The van der Waals surface area contributed by atoms with E-state index < -0.39 is 24.9 Å². The maximum Gasteiger partial charge on any atom is 0.387 e. The number of hydrogen-bond donors (Lipinski definition) is 1. The van der Waals surface area contributed by atoms with Crippen molar-refractivity contribution >= 4 is 17.7 Å². The molecule has 0 saturated heterocycles. The van der Waals surface area contributed by atoms with Crippen molar-refractivity contribution in [1.82, 2.24) is 0 Å². The maximum atomic E-state index is 12.5. The van der Waals surface area contributed by atoms with E-state index in [0.29, 0.717) is 5.69 Å². The molecule has 0 spiro atoms. The number of alkyl halides is 4. The lowest BCUT2D eigenvalue weighted by Crippen LogP contribution is -2.09. The summed E-state index contributed by atoms with van der Waals surface area (Å²) in [6.45, 7) is -2.51. The number of ether oxygens (including phenoxy) is 2. The Morgan fingerprint density at radius 1 is 1.00 bits per heavy atom. The Labute approximate surface area is 153 Å². The standard InChI is InChI=1S/C19H17F4NO3/c1-11-3-7-15(12(2)9-11)24-17(25)8-5-13-4-6-14(26-18(20)21)10-16(13)27-19(22)23/h3-10,18-19H,1-2H3,(H,24,25)/b8-5+. The molecule has 1 N–H and O–H groups in total. The molecule has 0 heterocycles. The van der Waals surface area contributed by atoms with Gasteiger partial charge in [-0.3, -0.25) is 4.79 Å². The van der Waals surface area contributed by atoms with E-state index in [1.807, 2.05) is 26.0 Å². The molecule has 4 nitrogen and oxygen atoms in total. The van der Waals surface area contributed by atoms with E-state index in [4.69, 9.17) is 0 Å². The molecule has 0 atom stereocenters. The molecular formula is C19H17F4NO3. The number of hydrogen-bond acceptors (Lipinski definition) is 3. The van der Waals surface area contributed by atoms with E-state index in [-0.39, 0.29) is 11.3 Å². The number of nitrogens with one attached hydrogen (secondary N) is 1. The van der Waals surface area contributed by atoms with Crippen molar-refractivity contribution < 1.29 is 31.8 Å². The van der Waals surface area contributed by atoms with Crippen molar-refractivity contribution in [2.24, 2.45) is 0 Å². The SMILES string of the molecule is Cc1ccc(NC(=O)/C=C/c2ccc(OC(F)F)cc2OC(F)F)c(C)c1. The Kier molecular flexibility index (Phi) is 6.81. The number of aryl methyl sites for hydroxylation is 2. The predicted octanol–water partition coefficient (Wildman–Crippen LogP) is 5.16. The minimum atomic E-state index is -3.16. The van der Waals surface area contributed by atoms with Gasteiger partial charge in [0.2, 0.25) is 5.91 Å². The smallest absolute Gasteiger partial charge is 0.387 e. The largest absolute Gasteiger partial charge is 0.435 e. The van der Waals surface area contributed by atoms with Gasteiger partial charge in [-0.25, -0.2) is 0 Å². The van der Waals surface area contributed by atoms with Crippen LogP contribution < -0.4 is 14.8 Å². The maximum absolute atomic E-state index is 12.5. The van der Waals surface area contributed by atoms with Crippen molar-refractivity contribution in [1.29, 1.82) is 0 Å². The summed E-state index contributed by atoms with van der Waals surface area (Å²) in [6.07, 6.45) is 2.36. The predicted molar refractivity (Wildman–Crippen MR) is 93.3 cm³/mol. The molecule has 0 aliphatic carbocycles. The van der Waals surface area contributed by atoms with Crippen LogP contribution in [0.25, 0.3) is 6.08 Å². The third kappa shape index (κ3) is 6.32. The van der Waals surface area contributed by atoms with Gasteiger partial charge in [-0.05, 0) is 43.7 Å². The molecule has 0 unspecified atom stereocenters. The highest BCUT2D eigenvalue weighted by molar-refractivity contribution is 6.02. The van der Waals surface area contributed by atoms with Crippen LogP contribution in [0.4, 0.5) is 23.2 Å². The highest BCUT2D eigenvalue weighted by Gasteiger charge is 2.12. The molecule has 27 heavy (non-hydrogen) atoms. The number of amides is 1. The normalized spacial score (nSPS) is 11.3. The number of carbonyl (C=O) groups is 1. The van der Waals surface area contributed by atoms with Crippen LogP contribution in [0.3, 0.4) is 0 Å². The molecule has 2 rings (SSSR count). The zero-order chi connectivity index (χ0) is 20.0. The monoisotopic (exact) mass is 383 g/mol. The van der Waals surface area contributed by atoms with E-state index >= 15 is 0 Å². The van der Waals surface area contributed by atoms with Crippen LogP contribution in [0.15, 0.2) is 42.5 Å². The number of benzene rings is 2. The van der Waals surface area contributed by atoms with Crippen molar-refractivity contribution in [2.45, 2.75) is 27.1 Å². The molecule has 144 valence electrons. The zero-order valence-corrected chi connectivity index (χ0v) is 14.5. The van der Waals surface area contributed by atoms with Crippen LogP contribution in [-0.2, 0) is 4.79 Å². The van der Waals surface area contributed by atoms with E-state index in [1.54, 1.807) is 6.07 Å². The fourth-order valence-corrected chi connectivity index (χ4v) is 2.32. The number of anilines is 1. The van der Waals surface area contributed by atoms with Crippen LogP contribution in [0.2, 0.25) is 0 Å². The first-order valence-electron chi connectivity index (χ1n) is 7.84. The van der Waals surface area contributed by atoms with Gasteiger partial charge in [0.1, 0.15) is 11.5 Å². The fourth-order valence-electron chi connectivity index (χ4n) is 2.32. The van der Waals surface area contributed by atoms with Gasteiger partial charge in [0, 0.05) is 23.4 Å².